The third-order valence-electron chi connectivity index (χ3n) is 2.71. The molecule has 3 nitrogen and oxygen atoms in total. The number of nitrogens with two attached hydrogens (primary N) is 1. The summed E-state index contributed by atoms with van der Waals surface area (Å²) in [6.07, 6.45) is 4.02. The van der Waals surface area contributed by atoms with Crippen molar-refractivity contribution in [2.45, 2.75) is 12.5 Å². The van der Waals surface area contributed by atoms with Crippen LogP contribution in [0.4, 0.5) is 0 Å². The van der Waals surface area contributed by atoms with E-state index in [0.29, 0.717) is 16.5 Å². The highest BCUT2D eigenvalue weighted by Crippen LogP contribution is 2.25. The van der Waals surface area contributed by atoms with E-state index >= 15 is 0 Å². The molecule has 1 aromatic carbocycles. The van der Waals surface area contributed by atoms with Crippen LogP contribution in [-0.4, -0.2) is 4.98 Å². The summed E-state index contributed by atoms with van der Waals surface area (Å²) in [4.78, 5) is 3.96. The first kappa shape index (κ1) is 13.3. The molecule has 0 spiro atoms. The molecule has 5 heteroatoms. The number of hydrazine groups is 1. The van der Waals surface area contributed by atoms with Gasteiger partial charge < -0.3 is 0 Å². The summed E-state index contributed by atoms with van der Waals surface area (Å²) < 4.78 is 0. The van der Waals surface area contributed by atoms with E-state index in [1.165, 1.54) is 0 Å². The minimum atomic E-state index is -0.0704. The summed E-state index contributed by atoms with van der Waals surface area (Å²) >= 11 is 12.1. The highest BCUT2D eigenvalue weighted by Gasteiger charge is 2.13. The number of halogens is 2. The monoisotopic (exact) mass is 281 g/mol. The molecule has 1 unspecified atom stereocenters. The van der Waals surface area contributed by atoms with E-state index in [-0.39, 0.29) is 6.04 Å². The number of hydrogen-bond donors (Lipinski definition) is 2. The van der Waals surface area contributed by atoms with Gasteiger partial charge in [-0.3, -0.25) is 16.3 Å². The topological polar surface area (TPSA) is 50.9 Å². The zero-order valence-corrected chi connectivity index (χ0v) is 11.1. The average molecular weight is 282 g/mol. The lowest BCUT2D eigenvalue weighted by atomic mass is 10.0. The van der Waals surface area contributed by atoms with Gasteiger partial charge in [-0.15, -0.1) is 0 Å². The van der Waals surface area contributed by atoms with E-state index in [9.17, 15) is 0 Å². The molecule has 1 atom stereocenters. The Kier molecular flexibility index (Phi) is 4.55. The van der Waals surface area contributed by atoms with Gasteiger partial charge in [-0.2, -0.15) is 0 Å². The Morgan fingerprint density at radius 3 is 2.78 bits per heavy atom. The first-order chi connectivity index (χ1) is 8.70. The summed E-state index contributed by atoms with van der Waals surface area (Å²) in [5, 5.41) is 1.31. The van der Waals surface area contributed by atoms with Gasteiger partial charge in [0.25, 0.3) is 0 Å². The lowest BCUT2D eigenvalue weighted by Crippen LogP contribution is -2.29. The molecule has 0 amide bonds. The first-order valence-electron chi connectivity index (χ1n) is 5.50. The van der Waals surface area contributed by atoms with Crippen LogP contribution in [0.2, 0.25) is 10.0 Å². The zero-order valence-electron chi connectivity index (χ0n) is 9.61. The minimum absolute atomic E-state index is 0.0704. The van der Waals surface area contributed by atoms with Gasteiger partial charge in [0.05, 0.1) is 11.1 Å². The van der Waals surface area contributed by atoms with Crippen LogP contribution in [0.1, 0.15) is 17.2 Å². The predicted octanol–water partition coefficient (Wildman–Crippen LogP) is 3.14. The molecule has 3 N–H and O–H groups in total. The quantitative estimate of drug-likeness (QED) is 0.669. The molecule has 0 saturated heterocycles. The third-order valence-corrected chi connectivity index (χ3v) is 3.26. The molecule has 0 aliphatic carbocycles. The van der Waals surface area contributed by atoms with Gasteiger partial charge in [-0.1, -0.05) is 35.3 Å². The highest BCUT2D eigenvalue weighted by molar-refractivity contribution is 6.31. The fourth-order valence-corrected chi connectivity index (χ4v) is 2.29. The maximum atomic E-state index is 6.11. The second-order valence-corrected chi connectivity index (χ2v) is 4.79. The molecule has 0 saturated carbocycles. The summed E-state index contributed by atoms with van der Waals surface area (Å²) in [5.41, 5.74) is 4.79. The fraction of sp³-hybridized carbons (Fsp3) is 0.154. The van der Waals surface area contributed by atoms with Crippen LogP contribution in [-0.2, 0) is 6.42 Å². The summed E-state index contributed by atoms with van der Waals surface area (Å²) in [7, 11) is 0. The lowest BCUT2D eigenvalue weighted by Gasteiger charge is -2.17. The van der Waals surface area contributed by atoms with Crippen molar-refractivity contribution in [1.82, 2.24) is 10.4 Å². The number of aromatic nitrogens is 1. The summed E-state index contributed by atoms with van der Waals surface area (Å²) in [6, 6.07) is 9.47. The molecule has 1 heterocycles. The highest BCUT2D eigenvalue weighted by atomic mass is 35.5. The number of benzene rings is 1. The van der Waals surface area contributed by atoms with Gasteiger partial charge in [0.15, 0.2) is 0 Å². The van der Waals surface area contributed by atoms with Crippen LogP contribution >= 0.6 is 23.2 Å². The van der Waals surface area contributed by atoms with Gasteiger partial charge in [0, 0.05) is 17.4 Å². The Bertz CT molecular complexity index is 531. The molecule has 0 aliphatic rings. The van der Waals surface area contributed by atoms with Crippen LogP contribution in [0.25, 0.3) is 0 Å². The largest absolute Gasteiger partial charge is 0.271 e. The van der Waals surface area contributed by atoms with Crippen molar-refractivity contribution in [1.29, 1.82) is 0 Å². The molecule has 0 radical (unpaired) electrons. The Balaban J connectivity index is 2.23. The van der Waals surface area contributed by atoms with Crippen molar-refractivity contribution in [2.24, 2.45) is 5.84 Å². The Hall–Kier alpha value is -1.13. The van der Waals surface area contributed by atoms with Crippen molar-refractivity contribution in [2.75, 3.05) is 0 Å². The second-order valence-electron chi connectivity index (χ2n) is 3.95. The number of pyridine rings is 1. The van der Waals surface area contributed by atoms with E-state index in [2.05, 4.69) is 10.4 Å². The molecule has 1 aromatic heterocycles. The maximum absolute atomic E-state index is 6.11. The summed E-state index contributed by atoms with van der Waals surface area (Å²) in [5.74, 6) is 5.60. The van der Waals surface area contributed by atoms with E-state index in [0.717, 1.165) is 11.1 Å². The van der Waals surface area contributed by atoms with E-state index in [1.54, 1.807) is 12.4 Å². The minimum Gasteiger partial charge on any atom is -0.271 e. The summed E-state index contributed by atoms with van der Waals surface area (Å²) in [6.45, 7) is 0. The van der Waals surface area contributed by atoms with Crippen LogP contribution in [0.3, 0.4) is 0 Å². The van der Waals surface area contributed by atoms with Crippen molar-refractivity contribution in [3.63, 3.8) is 0 Å². The predicted molar refractivity (Wildman–Crippen MR) is 74.5 cm³/mol. The van der Waals surface area contributed by atoms with Gasteiger partial charge in [0.1, 0.15) is 0 Å². The van der Waals surface area contributed by atoms with E-state index < -0.39 is 0 Å². The molecule has 2 rings (SSSR count). The molecule has 94 valence electrons. The maximum Gasteiger partial charge on any atom is 0.0637 e. The van der Waals surface area contributed by atoms with Crippen LogP contribution in [0.15, 0.2) is 42.7 Å². The second kappa shape index (κ2) is 6.16. The van der Waals surface area contributed by atoms with E-state index in [4.69, 9.17) is 29.0 Å². The Morgan fingerprint density at radius 1 is 1.28 bits per heavy atom. The molecule has 0 fully saturated rings. The number of hydrogen-bond acceptors (Lipinski definition) is 3. The molecule has 0 aliphatic heterocycles. The van der Waals surface area contributed by atoms with Crippen molar-refractivity contribution in [3.05, 3.63) is 63.9 Å². The number of rotatable bonds is 4. The molecular formula is C13H13Cl2N3. The number of nitrogens with zero attached hydrogens (tertiary/aromatic N) is 1. The molecular weight excluding hydrogens is 269 g/mol. The SMILES string of the molecule is NNC(Cc1cccc(Cl)c1)c1ccncc1Cl. The normalized spacial score (nSPS) is 12.4. The number of nitrogens with one attached hydrogen (secondary N) is 1. The van der Waals surface area contributed by atoms with Gasteiger partial charge in [-0.25, -0.2) is 0 Å². The zero-order chi connectivity index (χ0) is 13.0. The van der Waals surface area contributed by atoms with Crippen molar-refractivity contribution >= 4 is 23.2 Å². The van der Waals surface area contributed by atoms with Crippen LogP contribution < -0.4 is 11.3 Å². The lowest BCUT2D eigenvalue weighted by molar-refractivity contribution is 0.551. The van der Waals surface area contributed by atoms with Crippen LogP contribution in [0.5, 0.6) is 0 Å². The van der Waals surface area contributed by atoms with Crippen LogP contribution in [0, 0.1) is 0 Å². The van der Waals surface area contributed by atoms with Gasteiger partial charge >= 0.3 is 0 Å². The van der Waals surface area contributed by atoms with Crippen molar-refractivity contribution < 1.29 is 0 Å². The van der Waals surface area contributed by atoms with E-state index in [1.807, 2.05) is 30.3 Å². The van der Waals surface area contributed by atoms with Gasteiger partial charge in [-0.05, 0) is 35.7 Å². The molecule has 18 heavy (non-hydrogen) atoms. The Labute approximate surface area is 116 Å². The first-order valence-corrected chi connectivity index (χ1v) is 6.26. The molecule has 0 bridgehead atoms. The Morgan fingerprint density at radius 2 is 2.11 bits per heavy atom. The van der Waals surface area contributed by atoms with Crippen molar-refractivity contribution in [3.8, 4) is 0 Å². The average Bonchev–Trinajstić information content (AvgIpc) is 2.37. The standard InChI is InChI=1S/C13H13Cl2N3/c14-10-3-1-2-9(6-10)7-13(18-16)11-4-5-17-8-12(11)15/h1-6,8,13,18H,7,16H2. The smallest absolute Gasteiger partial charge is 0.0637 e. The third kappa shape index (κ3) is 3.21. The fourth-order valence-electron chi connectivity index (χ4n) is 1.83. The van der Waals surface area contributed by atoms with Gasteiger partial charge in [0.2, 0.25) is 0 Å². The molecule has 2 aromatic rings.